The van der Waals surface area contributed by atoms with Gasteiger partial charge in [-0.15, -0.1) is 0 Å². The molecule has 3 aromatic carbocycles. The van der Waals surface area contributed by atoms with E-state index in [1.807, 2.05) is 79.7 Å². The van der Waals surface area contributed by atoms with Gasteiger partial charge >= 0.3 is 0 Å². The Balaban J connectivity index is 2.21. The molecule has 1 N–H and O–H groups in total. The van der Waals surface area contributed by atoms with Crippen LogP contribution in [0.3, 0.4) is 0 Å². The summed E-state index contributed by atoms with van der Waals surface area (Å²) in [7, 11) is 0. The summed E-state index contributed by atoms with van der Waals surface area (Å²) in [6, 6.07) is 25.2. The van der Waals surface area contributed by atoms with Crippen molar-refractivity contribution in [2.75, 3.05) is 0 Å². The number of hydrogen-bond donors (Lipinski definition) is 1. The molecule has 2 heteroatoms. The molecule has 0 saturated carbocycles. The van der Waals surface area contributed by atoms with Gasteiger partial charge in [0, 0.05) is 11.1 Å². The van der Waals surface area contributed by atoms with Gasteiger partial charge in [-0.2, -0.15) is 0 Å². The summed E-state index contributed by atoms with van der Waals surface area (Å²) in [6.07, 6.45) is 0. The number of rotatable bonds is 3. The topological polar surface area (TPSA) is 32.6 Å². The van der Waals surface area contributed by atoms with Crippen LogP contribution in [0, 0.1) is 6.92 Å². The summed E-state index contributed by atoms with van der Waals surface area (Å²) in [5.41, 5.74) is 4.49. The third kappa shape index (κ3) is 2.91. The molecule has 0 aliphatic rings. The van der Waals surface area contributed by atoms with Gasteiger partial charge in [-0.25, -0.2) is 4.99 Å². The minimum Gasteiger partial charge on any atom is -0.507 e. The molecule has 0 bridgehead atoms. The summed E-state index contributed by atoms with van der Waals surface area (Å²) < 4.78 is 0. The molecule has 0 unspecified atom stereocenters. The Kier molecular flexibility index (Phi) is 4.01. The van der Waals surface area contributed by atoms with Gasteiger partial charge in [0.05, 0.1) is 11.4 Å². The second kappa shape index (κ2) is 6.27. The summed E-state index contributed by atoms with van der Waals surface area (Å²) in [6.45, 7) is 2.03. The average Bonchev–Trinajstić information content (AvgIpc) is 2.56. The van der Waals surface area contributed by atoms with Crippen molar-refractivity contribution in [1.29, 1.82) is 0 Å². The lowest BCUT2D eigenvalue weighted by Gasteiger charge is -2.10. The molecule has 3 aromatic rings. The minimum absolute atomic E-state index is 0.235. The molecule has 0 heterocycles. The largest absolute Gasteiger partial charge is 0.507 e. The average molecular weight is 287 g/mol. The van der Waals surface area contributed by atoms with Crippen LogP contribution in [0.1, 0.15) is 16.7 Å². The fourth-order valence-corrected chi connectivity index (χ4v) is 2.36. The number of aromatic hydroxyl groups is 1. The smallest absolute Gasteiger partial charge is 0.124 e. The molecule has 0 aliphatic carbocycles. The van der Waals surface area contributed by atoms with Crippen molar-refractivity contribution in [2.24, 2.45) is 4.99 Å². The number of para-hydroxylation sites is 2. The van der Waals surface area contributed by atoms with Crippen LogP contribution >= 0.6 is 0 Å². The molecule has 0 fully saturated rings. The Bertz CT molecular complexity index is 807. The molecule has 108 valence electrons. The molecule has 2 nitrogen and oxygen atoms in total. The third-order valence-corrected chi connectivity index (χ3v) is 3.55. The number of aliphatic imine (C=N–C) groups is 1. The molecule has 0 amide bonds. The fraction of sp³-hybridized carbons (Fsp3) is 0.0500. The summed E-state index contributed by atoms with van der Waals surface area (Å²) in [5, 5.41) is 10.2. The number of aryl methyl sites for hydroxylation is 1. The highest BCUT2D eigenvalue weighted by atomic mass is 16.3. The second-order valence-corrected chi connectivity index (χ2v) is 5.13. The standard InChI is InChI=1S/C20H17NO/c1-15-9-5-7-13-18(15)21-20(16-10-3-2-4-11-16)17-12-6-8-14-19(17)22/h2-14,22H,1H3. The highest BCUT2D eigenvalue weighted by Crippen LogP contribution is 2.25. The van der Waals surface area contributed by atoms with Crippen LogP contribution < -0.4 is 0 Å². The highest BCUT2D eigenvalue weighted by molar-refractivity contribution is 6.15. The van der Waals surface area contributed by atoms with Gasteiger partial charge in [0.1, 0.15) is 5.75 Å². The summed E-state index contributed by atoms with van der Waals surface area (Å²) in [5.74, 6) is 0.235. The maximum Gasteiger partial charge on any atom is 0.124 e. The van der Waals surface area contributed by atoms with Gasteiger partial charge in [0.25, 0.3) is 0 Å². The third-order valence-electron chi connectivity index (χ3n) is 3.55. The van der Waals surface area contributed by atoms with Crippen molar-refractivity contribution >= 4 is 11.4 Å². The maximum atomic E-state index is 10.2. The zero-order chi connectivity index (χ0) is 15.4. The van der Waals surface area contributed by atoms with E-state index in [0.717, 1.165) is 28.1 Å². The molecular weight excluding hydrogens is 270 g/mol. The van der Waals surface area contributed by atoms with E-state index in [9.17, 15) is 5.11 Å². The van der Waals surface area contributed by atoms with Crippen molar-refractivity contribution in [3.8, 4) is 5.75 Å². The van der Waals surface area contributed by atoms with E-state index >= 15 is 0 Å². The van der Waals surface area contributed by atoms with Crippen LogP contribution in [-0.4, -0.2) is 10.8 Å². The first-order chi connectivity index (χ1) is 10.8. The fourth-order valence-electron chi connectivity index (χ4n) is 2.36. The van der Waals surface area contributed by atoms with Crippen LogP contribution in [0.5, 0.6) is 5.75 Å². The summed E-state index contributed by atoms with van der Waals surface area (Å²) in [4.78, 5) is 4.82. The van der Waals surface area contributed by atoms with Crippen LogP contribution in [0.4, 0.5) is 5.69 Å². The highest BCUT2D eigenvalue weighted by Gasteiger charge is 2.11. The molecule has 0 saturated heterocycles. The molecule has 0 atom stereocenters. The van der Waals surface area contributed by atoms with E-state index in [-0.39, 0.29) is 5.75 Å². The number of hydrogen-bond acceptors (Lipinski definition) is 2. The number of phenolic OH excluding ortho intramolecular Hbond substituents is 1. The lowest BCUT2D eigenvalue weighted by Crippen LogP contribution is -2.03. The first kappa shape index (κ1) is 14.1. The second-order valence-electron chi connectivity index (χ2n) is 5.13. The first-order valence-electron chi connectivity index (χ1n) is 7.24. The molecule has 0 aliphatic heterocycles. The van der Waals surface area contributed by atoms with Gasteiger partial charge in [0.15, 0.2) is 0 Å². The molecular formula is C20H17NO. The lowest BCUT2D eigenvalue weighted by atomic mass is 10.0. The van der Waals surface area contributed by atoms with E-state index in [0.29, 0.717) is 0 Å². The SMILES string of the molecule is Cc1ccccc1N=C(c1ccccc1)c1ccccc1O. The monoisotopic (exact) mass is 287 g/mol. The Morgan fingerprint density at radius 3 is 2.14 bits per heavy atom. The van der Waals surface area contributed by atoms with Crippen LogP contribution in [0.15, 0.2) is 83.9 Å². The van der Waals surface area contributed by atoms with Gasteiger partial charge in [-0.1, -0.05) is 60.7 Å². The molecule has 0 aromatic heterocycles. The van der Waals surface area contributed by atoms with E-state index in [1.54, 1.807) is 6.07 Å². The quantitative estimate of drug-likeness (QED) is 0.685. The zero-order valence-electron chi connectivity index (χ0n) is 12.4. The molecule has 0 spiro atoms. The first-order valence-corrected chi connectivity index (χ1v) is 7.24. The van der Waals surface area contributed by atoms with Gasteiger partial charge in [-0.05, 0) is 30.7 Å². The van der Waals surface area contributed by atoms with E-state index < -0.39 is 0 Å². The minimum atomic E-state index is 0.235. The molecule has 0 radical (unpaired) electrons. The van der Waals surface area contributed by atoms with Gasteiger partial charge < -0.3 is 5.11 Å². The predicted octanol–water partition coefficient (Wildman–Crippen LogP) is 4.87. The molecule has 22 heavy (non-hydrogen) atoms. The number of benzene rings is 3. The van der Waals surface area contributed by atoms with Crippen molar-refractivity contribution in [3.05, 3.63) is 95.6 Å². The molecule has 3 rings (SSSR count). The normalized spacial score (nSPS) is 11.4. The van der Waals surface area contributed by atoms with Crippen molar-refractivity contribution < 1.29 is 5.11 Å². The Morgan fingerprint density at radius 1 is 0.773 bits per heavy atom. The van der Waals surface area contributed by atoms with Crippen LogP contribution in [0.25, 0.3) is 0 Å². The maximum absolute atomic E-state index is 10.2. The van der Waals surface area contributed by atoms with Crippen LogP contribution in [-0.2, 0) is 0 Å². The van der Waals surface area contributed by atoms with Crippen molar-refractivity contribution in [1.82, 2.24) is 0 Å². The van der Waals surface area contributed by atoms with E-state index in [1.165, 1.54) is 0 Å². The van der Waals surface area contributed by atoms with Gasteiger partial charge in [0.2, 0.25) is 0 Å². The van der Waals surface area contributed by atoms with Gasteiger partial charge in [-0.3, -0.25) is 0 Å². The van der Waals surface area contributed by atoms with Crippen molar-refractivity contribution in [3.63, 3.8) is 0 Å². The van der Waals surface area contributed by atoms with E-state index in [2.05, 4.69) is 0 Å². The van der Waals surface area contributed by atoms with E-state index in [4.69, 9.17) is 4.99 Å². The number of phenols is 1. The predicted molar refractivity (Wildman–Crippen MR) is 91.0 cm³/mol. The lowest BCUT2D eigenvalue weighted by molar-refractivity contribution is 0.474. The van der Waals surface area contributed by atoms with Crippen LogP contribution in [0.2, 0.25) is 0 Å². The number of nitrogens with zero attached hydrogens (tertiary/aromatic N) is 1. The Morgan fingerprint density at radius 2 is 1.41 bits per heavy atom. The van der Waals surface area contributed by atoms with Crippen molar-refractivity contribution in [2.45, 2.75) is 6.92 Å². The zero-order valence-corrected chi connectivity index (χ0v) is 12.4. The Hall–Kier alpha value is -2.87. The summed E-state index contributed by atoms with van der Waals surface area (Å²) >= 11 is 0. The Labute approximate surface area is 130 Å².